The van der Waals surface area contributed by atoms with Crippen molar-refractivity contribution in [1.82, 2.24) is 0 Å². The average molecular weight is 247 g/mol. The summed E-state index contributed by atoms with van der Waals surface area (Å²) < 4.78 is 17.0. The van der Waals surface area contributed by atoms with E-state index in [1.54, 1.807) is 0 Å². The number of aliphatic imine (C=N–C) groups is 1. The molecular formula is C14H17NO3. The van der Waals surface area contributed by atoms with Gasteiger partial charge in [0.1, 0.15) is 12.1 Å². The summed E-state index contributed by atoms with van der Waals surface area (Å²) in [7, 11) is 0. The lowest BCUT2D eigenvalue weighted by Crippen LogP contribution is -2.51. The number of benzene rings is 1. The highest BCUT2D eigenvalue weighted by Crippen LogP contribution is 2.30. The first-order chi connectivity index (χ1) is 8.59. The molecule has 18 heavy (non-hydrogen) atoms. The van der Waals surface area contributed by atoms with E-state index in [-0.39, 0.29) is 5.54 Å². The van der Waals surface area contributed by atoms with Crippen LogP contribution in [0.15, 0.2) is 35.3 Å². The van der Waals surface area contributed by atoms with Gasteiger partial charge in [-0.05, 0) is 26.0 Å². The first-order valence-corrected chi connectivity index (χ1v) is 6.15. The molecule has 4 nitrogen and oxygen atoms in total. The maximum absolute atomic E-state index is 5.69. The molecule has 3 rings (SSSR count). The monoisotopic (exact) mass is 247 g/mol. The van der Waals surface area contributed by atoms with Crippen molar-refractivity contribution in [2.24, 2.45) is 4.99 Å². The van der Waals surface area contributed by atoms with Crippen molar-refractivity contribution in [2.75, 3.05) is 19.8 Å². The molecule has 1 spiro atoms. The lowest BCUT2D eigenvalue weighted by atomic mass is 10.0. The molecule has 0 atom stereocenters. The van der Waals surface area contributed by atoms with Gasteiger partial charge in [0.05, 0.1) is 13.2 Å². The molecule has 1 aromatic carbocycles. The third kappa shape index (κ3) is 2.13. The van der Waals surface area contributed by atoms with Crippen LogP contribution in [0.4, 0.5) is 0 Å². The van der Waals surface area contributed by atoms with Crippen molar-refractivity contribution < 1.29 is 14.2 Å². The highest BCUT2D eigenvalue weighted by molar-refractivity contribution is 5.95. The van der Waals surface area contributed by atoms with Crippen molar-refractivity contribution in [3.8, 4) is 0 Å². The van der Waals surface area contributed by atoms with Gasteiger partial charge in [0, 0.05) is 5.56 Å². The van der Waals surface area contributed by atoms with E-state index in [1.807, 2.05) is 44.2 Å². The van der Waals surface area contributed by atoms with Gasteiger partial charge < -0.3 is 14.2 Å². The van der Waals surface area contributed by atoms with Crippen LogP contribution in [-0.4, -0.2) is 37.0 Å². The molecule has 0 aliphatic carbocycles. The van der Waals surface area contributed by atoms with Crippen molar-refractivity contribution in [1.29, 1.82) is 0 Å². The largest absolute Gasteiger partial charge is 0.475 e. The molecule has 0 aromatic heterocycles. The third-order valence-corrected chi connectivity index (χ3v) is 3.21. The van der Waals surface area contributed by atoms with Gasteiger partial charge in [-0.1, -0.05) is 18.2 Å². The second-order valence-corrected chi connectivity index (χ2v) is 5.27. The van der Waals surface area contributed by atoms with Crippen LogP contribution < -0.4 is 0 Å². The highest BCUT2D eigenvalue weighted by atomic mass is 16.7. The minimum atomic E-state index is -0.518. The predicted molar refractivity (Wildman–Crippen MR) is 67.6 cm³/mol. The van der Waals surface area contributed by atoms with Crippen LogP contribution in [0.5, 0.6) is 0 Å². The number of nitrogens with zero attached hydrogens (tertiary/aromatic N) is 1. The molecule has 2 heterocycles. The lowest BCUT2D eigenvalue weighted by Gasteiger charge is -2.38. The van der Waals surface area contributed by atoms with Crippen LogP contribution >= 0.6 is 0 Å². The number of hydrogen-bond donors (Lipinski definition) is 0. The normalized spacial score (nSPS) is 24.7. The van der Waals surface area contributed by atoms with Crippen molar-refractivity contribution in [2.45, 2.75) is 25.2 Å². The molecule has 0 N–H and O–H groups in total. The van der Waals surface area contributed by atoms with Crippen LogP contribution in [0.2, 0.25) is 0 Å². The molecule has 1 fully saturated rings. The van der Waals surface area contributed by atoms with Gasteiger partial charge in [-0.25, -0.2) is 4.99 Å². The Labute approximate surface area is 107 Å². The Bertz CT molecular complexity index is 457. The minimum Gasteiger partial charge on any atom is -0.475 e. The topological polar surface area (TPSA) is 40.0 Å². The van der Waals surface area contributed by atoms with Crippen molar-refractivity contribution >= 4 is 5.90 Å². The Kier molecular flexibility index (Phi) is 2.64. The first-order valence-electron chi connectivity index (χ1n) is 6.15. The van der Waals surface area contributed by atoms with E-state index in [0.29, 0.717) is 25.7 Å². The van der Waals surface area contributed by atoms with Crippen LogP contribution in [0.1, 0.15) is 19.4 Å². The Morgan fingerprint density at radius 1 is 1.00 bits per heavy atom. The summed E-state index contributed by atoms with van der Waals surface area (Å²) in [6, 6.07) is 9.91. The Morgan fingerprint density at radius 3 is 2.33 bits per heavy atom. The van der Waals surface area contributed by atoms with Crippen LogP contribution in [0.25, 0.3) is 0 Å². The fourth-order valence-corrected chi connectivity index (χ4v) is 2.06. The Balaban J connectivity index is 1.80. The summed E-state index contributed by atoms with van der Waals surface area (Å²) in [6.45, 7) is 5.43. The molecule has 0 radical (unpaired) electrons. The second-order valence-electron chi connectivity index (χ2n) is 5.27. The van der Waals surface area contributed by atoms with E-state index >= 15 is 0 Å². The van der Waals surface area contributed by atoms with E-state index < -0.39 is 5.79 Å². The highest BCUT2D eigenvalue weighted by Gasteiger charge is 2.44. The summed E-state index contributed by atoms with van der Waals surface area (Å²) in [5, 5.41) is 0. The van der Waals surface area contributed by atoms with Crippen LogP contribution in [-0.2, 0) is 14.2 Å². The summed E-state index contributed by atoms with van der Waals surface area (Å²) >= 11 is 0. The molecule has 2 aliphatic heterocycles. The Hall–Kier alpha value is -1.39. The minimum absolute atomic E-state index is 0.374. The molecule has 96 valence electrons. The molecule has 0 unspecified atom stereocenters. The molecule has 2 aliphatic rings. The average Bonchev–Trinajstić information content (AvgIpc) is 2.80. The summed E-state index contributed by atoms with van der Waals surface area (Å²) in [5.74, 6) is 0.165. The predicted octanol–water partition coefficient (Wildman–Crippen LogP) is 1.99. The molecule has 0 saturated carbocycles. The lowest BCUT2D eigenvalue weighted by molar-refractivity contribution is -0.267. The van der Waals surface area contributed by atoms with Gasteiger partial charge in [0.25, 0.3) is 0 Å². The Morgan fingerprint density at radius 2 is 1.67 bits per heavy atom. The zero-order chi connectivity index (χ0) is 12.6. The van der Waals surface area contributed by atoms with Gasteiger partial charge in [-0.3, -0.25) is 0 Å². The van der Waals surface area contributed by atoms with Gasteiger partial charge in [0.2, 0.25) is 5.90 Å². The maximum atomic E-state index is 5.69. The van der Waals surface area contributed by atoms with E-state index in [9.17, 15) is 0 Å². The standard InChI is InChI=1S/C14H17NO3/c1-13(2)17-9-14(10-18-13)8-16-12(15-14)11-6-4-3-5-7-11/h3-7H,8-10H2,1-2H3. The zero-order valence-electron chi connectivity index (χ0n) is 10.7. The number of hydrogen-bond acceptors (Lipinski definition) is 4. The summed E-state index contributed by atoms with van der Waals surface area (Å²) in [4.78, 5) is 4.66. The first kappa shape index (κ1) is 11.7. The number of rotatable bonds is 1. The van der Waals surface area contributed by atoms with Crippen LogP contribution in [0.3, 0.4) is 0 Å². The molecular weight excluding hydrogens is 230 g/mol. The zero-order valence-corrected chi connectivity index (χ0v) is 10.7. The fourth-order valence-electron chi connectivity index (χ4n) is 2.06. The number of ether oxygens (including phenoxy) is 3. The molecule has 0 bridgehead atoms. The van der Waals surface area contributed by atoms with E-state index in [2.05, 4.69) is 4.99 Å². The van der Waals surface area contributed by atoms with Gasteiger partial charge in [-0.15, -0.1) is 0 Å². The molecule has 4 heteroatoms. The third-order valence-electron chi connectivity index (χ3n) is 3.21. The van der Waals surface area contributed by atoms with Gasteiger partial charge >= 0.3 is 0 Å². The second kappa shape index (κ2) is 4.07. The van der Waals surface area contributed by atoms with Crippen LogP contribution in [0, 0.1) is 0 Å². The summed E-state index contributed by atoms with van der Waals surface area (Å²) in [6.07, 6.45) is 0. The maximum Gasteiger partial charge on any atom is 0.217 e. The summed E-state index contributed by atoms with van der Waals surface area (Å²) in [5.41, 5.74) is 0.625. The molecule has 0 amide bonds. The van der Waals surface area contributed by atoms with E-state index in [1.165, 1.54) is 0 Å². The van der Waals surface area contributed by atoms with Crippen molar-refractivity contribution in [3.63, 3.8) is 0 Å². The quantitative estimate of drug-likeness (QED) is 0.762. The van der Waals surface area contributed by atoms with Crippen molar-refractivity contribution in [3.05, 3.63) is 35.9 Å². The van der Waals surface area contributed by atoms with E-state index in [0.717, 1.165) is 5.56 Å². The smallest absolute Gasteiger partial charge is 0.217 e. The molecule has 1 aromatic rings. The SMILES string of the molecule is CC1(C)OCC2(COC(c3ccccc3)=N2)CO1. The molecule has 1 saturated heterocycles. The van der Waals surface area contributed by atoms with E-state index in [4.69, 9.17) is 14.2 Å². The fraction of sp³-hybridized carbons (Fsp3) is 0.500. The van der Waals surface area contributed by atoms with Gasteiger partial charge in [-0.2, -0.15) is 0 Å². The van der Waals surface area contributed by atoms with Gasteiger partial charge in [0.15, 0.2) is 5.79 Å².